The first kappa shape index (κ1) is 25.9. The number of ether oxygens (including phenoxy) is 1. The number of H-pyrrole nitrogens is 1. The van der Waals surface area contributed by atoms with Gasteiger partial charge in [0.1, 0.15) is 6.61 Å². The SMILES string of the molecule is CCC(=C(c1ccc(OCCNCC=CC(=O)N(C)C)nc1)c1ccc2[nH]ncc2c1)c1ccccc1. The zero-order valence-corrected chi connectivity index (χ0v) is 21.6. The summed E-state index contributed by atoms with van der Waals surface area (Å²) in [5.74, 6) is 0.546. The van der Waals surface area contributed by atoms with E-state index in [0.717, 1.165) is 34.0 Å². The Kier molecular flexibility index (Phi) is 8.84. The van der Waals surface area contributed by atoms with Crippen LogP contribution in [-0.2, 0) is 4.79 Å². The van der Waals surface area contributed by atoms with E-state index in [1.165, 1.54) is 16.0 Å². The van der Waals surface area contributed by atoms with E-state index >= 15 is 0 Å². The number of pyridine rings is 1. The van der Waals surface area contributed by atoms with Gasteiger partial charge in [0, 0.05) is 56.5 Å². The van der Waals surface area contributed by atoms with Crippen molar-refractivity contribution in [1.82, 2.24) is 25.4 Å². The van der Waals surface area contributed by atoms with Gasteiger partial charge in [-0.1, -0.05) is 49.4 Å². The van der Waals surface area contributed by atoms with Crippen molar-refractivity contribution in [2.24, 2.45) is 0 Å². The number of benzene rings is 2. The Morgan fingerprint density at radius 3 is 2.57 bits per heavy atom. The monoisotopic (exact) mass is 495 g/mol. The zero-order chi connectivity index (χ0) is 26.0. The van der Waals surface area contributed by atoms with Crippen LogP contribution in [0.25, 0.3) is 22.0 Å². The molecule has 0 saturated carbocycles. The average Bonchev–Trinajstić information content (AvgIpc) is 3.40. The number of nitrogens with one attached hydrogen (secondary N) is 2. The van der Waals surface area contributed by atoms with E-state index < -0.39 is 0 Å². The molecule has 0 bridgehead atoms. The van der Waals surface area contributed by atoms with Crippen LogP contribution in [0.3, 0.4) is 0 Å². The number of rotatable bonds is 11. The Hall–Kier alpha value is -4.23. The van der Waals surface area contributed by atoms with Crippen molar-refractivity contribution in [3.8, 4) is 5.88 Å². The number of allylic oxidation sites excluding steroid dienone is 1. The second kappa shape index (κ2) is 12.6. The number of hydrogen-bond acceptors (Lipinski definition) is 5. The molecule has 0 saturated heterocycles. The standard InChI is InChI=1S/C30H33N5O2/c1-4-26(22-9-6-5-7-10-22)30(23-12-14-27-25(19-23)21-33-34-27)24-13-15-28(32-20-24)37-18-17-31-16-8-11-29(36)35(2)3/h5-15,19-21,31H,4,16-18H2,1-3H3,(H,33,34). The summed E-state index contributed by atoms with van der Waals surface area (Å²) in [5.41, 5.74) is 6.76. The number of amides is 1. The Morgan fingerprint density at radius 1 is 1.03 bits per heavy atom. The summed E-state index contributed by atoms with van der Waals surface area (Å²) in [4.78, 5) is 17.7. The summed E-state index contributed by atoms with van der Waals surface area (Å²) in [7, 11) is 3.46. The first-order valence-electron chi connectivity index (χ1n) is 12.5. The van der Waals surface area contributed by atoms with E-state index in [9.17, 15) is 4.79 Å². The highest BCUT2D eigenvalue weighted by Crippen LogP contribution is 2.35. The molecule has 4 rings (SSSR count). The second-order valence-corrected chi connectivity index (χ2v) is 8.82. The van der Waals surface area contributed by atoms with Gasteiger partial charge in [0.25, 0.3) is 0 Å². The van der Waals surface area contributed by atoms with E-state index in [4.69, 9.17) is 4.74 Å². The lowest BCUT2D eigenvalue weighted by Gasteiger charge is -2.16. The first-order valence-corrected chi connectivity index (χ1v) is 12.5. The zero-order valence-electron chi connectivity index (χ0n) is 21.6. The van der Waals surface area contributed by atoms with Gasteiger partial charge in [-0.15, -0.1) is 0 Å². The Balaban J connectivity index is 1.50. The maximum absolute atomic E-state index is 11.5. The van der Waals surface area contributed by atoms with Gasteiger partial charge in [-0.05, 0) is 46.9 Å². The number of carbonyl (C=O) groups is 1. The molecule has 7 nitrogen and oxygen atoms in total. The van der Waals surface area contributed by atoms with Crippen molar-refractivity contribution >= 4 is 28.0 Å². The van der Waals surface area contributed by atoms with Gasteiger partial charge in [0.15, 0.2) is 0 Å². The molecule has 0 atom stereocenters. The van der Waals surface area contributed by atoms with Gasteiger partial charge in [-0.2, -0.15) is 5.10 Å². The third kappa shape index (κ3) is 6.71. The van der Waals surface area contributed by atoms with Gasteiger partial charge < -0.3 is 15.0 Å². The third-order valence-corrected chi connectivity index (χ3v) is 6.02. The highest BCUT2D eigenvalue weighted by atomic mass is 16.5. The molecule has 2 aromatic heterocycles. The minimum absolute atomic E-state index is 0.0288. The van der Waals surface area contributed by atoms with E-state index in [1.54, 1.807) is 20.2 Å². The smallest absolute Gasteiger partial charge is 0.245 e. The molecular weight excluding hydrogens is 462 g/mol. The molecule has 190 valence electrons. The van der Waals surface area contributed by atoms with Crippen molar-refractivity contribution < 1.29 is 9.53 Å². The summed E-state index contributed by atoms with van der Waals surface area (Å²) >= 11 is 0. The van der Waals surface area contributed by atoms with E-state index in [-0.39, 0.29) is 5.91 Å². The van der Waals surface area contributed by atoms with Gasteiger partial charge >= 0.3 is 0 Å². The first-order chi connectivity index (χ1) is 18.1. The van der Waals surface area contributed by atoms with Crippen molar-refractivity contribution in [3.63, 3.8) is 0 Å². The van der Waals surface area contributed by atoms with Crippen molar-refractivity contribution in [1.29, 1.82) is 0 Å². The number of hydrogen-bond donors (Lipinski definition) is 2. The van der Waals surface area contributed by atoms with Crippen LogP contribution in [0.15, 0.2) is 85.2 Å². The number of aromatic nitrogens is 3. The molecule has 1 amide bonds. The van der Waals surface area contributed by atoms with Crippen LogP contribution in [-0.4, -0.2) is 59.8 Å². The molecule has 0 aliphatic carbocycles. The molecule has 2 aromatic carbocycles. The summed E-state index contributed by atoms with van der Waals surface area (Å²) in [6, 6.07) is 20.8. The topological polar surface area (TPSA) is 83.1 Å². The quantitative estimate of drug-likeness (QED) is 0.175. The third-order valence-electron chi connectivity index (χ3n) is 6.02. The average molecular weight is 496 g/mol. The molecule has 4 aromatic rings. The minimum Gasteiger partial charge on any atom is -0.476 e. The fourth-order valence-electron chi connectivity index (χ4n) is 4.11. The van der Waals surface area contributed by atoms with Crippen LogP contribution in [0.5, 0.6) is 5.88 Å². The lowest BCUT2D eigenvalue weighted by molar-refractivity contribution is -0.123. The summed E-state index contributed by atoms with van der Waals surface area (Å²) in [6.07, 6.45) is 7.97. The van der Waals surface area contributed by atoms with Crippen LogP contribution >= 0.6 is 0 Å². The molecular formula is C30H33N5O2. The van der Waals surface area contributed by atoms with Crippen LogP contribution in [0.1, 0.15) is 30.0 Å². The lowest BCUT2D eigenvalue weighted by atomic mass is 9.88. The number of carbonyl (C=O) groups excluding carboxylic acids is 1. The fourth-order valence-corrected chi connectivity index (χ4v) is 4.11. The van der Waals surface area contributed by atoms with Crippen molar-refractivity contribution in [2.75, 3.05) is 33.8 Å². The van der Waals surface area contributed by atoms with E-state index in [2.05, 4.69) is 76.0 Å². The van der Waals surface area contributed by atoms with Crippen molar-refractivity contribution in [2.45, 2.75) is 13.3 Å². The number of likely N-dealkylation sites (N-methyl/N-ethyl adjacent to an activating group) is 1. The van der Waals surface area contributed by atoms with Crippen LogP contribution in [0.2, 0.25) is 0 Å². The summed E-state index contributed by atoms with van der Waals surface area (Å²) in [5, 5.41) is 11.5. The highest BCUT2D eigenvalue weighted by molar-refractivity contribution is 6.00. The predicted octanol–water partition coefficient (Wildman–Crippen LogP) is 4.94. The fraction of sp³-hybridized carbons (Fsp3) is 0.233. The molecule has 0 aliphatic rings. The molecule has 0 radical (unpaired) electrons. The molecule has 0 unspecified atom stereocenters. The van der Waals surface area contributed by atoms with E-state index in [0.29, 0.717) is 25.6 Å². The molecule has 7 heteroatoms. The number of nitrogens with zero attached hydrogens (tertiary/aromatic N) is 3. The Labute approximate surface area is 217 Å². The normalized spacial score (nSPS) is 12.1. The Bertz CT molecular complexity index is 1370. The second-order valence-electron chi connectivity index (χ2n) is 8.82. The lowest BCUT2D eigenvalue weighted by Crippen LogP contribution is -2.22. The summed E-state index contributed by atoms with van der Waals surface area (Å²) < 4.78 is 5.83. The van der Waals surface area contributed by atoms with Crippen LogP contribution in [0.4, 0.5) is 0 Å². The van der Waals surface area contributed by atoms with Crippen LogP contribution < -0.4 is 10.1 Å². The van der Waals surface area contributed by atoms with Gasteiger partial charge in [-0.25, -0.2) is 4.98 Å². The van der Waals surface area contributed by atoms with Gasteiger partial charge in [0.05, 0.1) is 11.7 Å². The van der Waals surface area contributed by atoms with Gasteiger partial charge in [-0.3, -0.25) is 9.89 Å². The minimum atomic E-state index is -0.0288. The number of aromatic amines is 1. The highest BCUT2D eigenvalue weighted by Gasteiger charge is 2.14. The maximum atomic E-state index is 11.5. The van der Waals surface area contributed by atoms with E-state index in [1.807, 2.05) is 30.6 Å². The van der Waals surface area contributed by atoms with Crippen molar-refractivity contribution in [3.05, 3.63) is 102 Å². The molecule has 2 N–H and O–H groups in total. The number of fused-ring (bicyclic) bond motifs is 1. The largest absolute Gasteiger partial charge is 0.476 e. The summed E-state index contributed by atoms with van der Waals surface area (Å²) in [6.45, 7) is 3.91. The molecule has 0 fully saturated rings. The molecule has 0 spiro atoms. The maximum Gasteiger partial charge on any atom is 0.245 e. The van der Waals surface area contributed by atoms with Crippen LogP contribution in [0, 0.1) is 0 Å². The van der Waals surface area contributed by atoms with Gasteiger partial charge in [0.2, 0.25) is 11.8 Å². The predicted molar refractivity (Wildman–Crippen MR) is 149 cm³/mol. The molecule has 0 aliphatic heterocycles. The Morgan fingerprint density at radius 2 is 1.84 bits per heavy atom. The molecule has 2 heterocycles. The molecule has 37 heavy (non-hydrogen) atoms.